The lowest BCUT2D eigenvalue weighted by atomic mass is 9.95. The van der Waals surface area contributed by atoms with Crippen LogP contribution in [0.2, 0.25) is 0 Å². The molecule has 2 rings (SSSR count). The smallest absolute Gasteiger partial charge is 0.148 e. The number of ether oxygens (including phenoxy) is 1. The molecule has 3 N–H and O–H groups in total. The third-order valence-corrected chi connectivity index (χ3v) is 3.12. The Hall–Kier alpha value is -2.34. The number of nitrogens with two attached hydrogens (primary N) is 1. The zero-order chi connectivity index (χ0) is 14.4. The monoisotopic (exact) mass is 274 g/mol. The highest BCUT2D eigenvalue weighted by atomic mass is 16.5. The Labute approximate surface area is 117 Å². The van der Waals surface area contributed by atoms with Crippen molar-refractivity contribution < 1.29 is 9.94 Å². The highest BCUT2D eigenvalue weighted by Gasteiger charge is 2.21. The lowest BCUT2D eigenvalue weighted by Gasteiger charge is -2.17. The van der Waals surface area contributed by atoms with Gasteiger partial charge in [0.1, 0.15) is 12.6 Å². The summed E-state index contributed by atoms with van der Waals surface area (Å²) in [5.74, 6) is -0.0910. The normalized spacial score (nSPS) is 13.3. The lowest BCUT2D eigenvalue weighted by Crippen LogP contribution is -2.26. The molecule has 1 atom stereocenters. The maximum Gasteiger partial charge on any atom is 0.148 e. The van der Waals surface area contributed by atoms with Gasteiger partial charge in [-0.25, -0.2) is 4.98 Å². The number of oxime groups is 1. The Morgan fingerprint density at radius 1 is 1.45 bits per heavy atom. The minimum absolute atomic E-state index is 0.159. The number of hydrogen-bond acceptors (Lipinski definition) is 4. The predicted octanol–water partition coefficient (Wildman–Crippen LogP) is 1.56. The molecule has 0 saturated carbocycles. The maximum absolute atomic E-state index is 9.00. The minimum atomic E-state index is -0.250. The van der Waals surface area contributed by atoms with Crippen molar-refractivity contribution >= 4 is 5.84 Å². The standard InChI is InChI=1S/C14H18N4O2/c1-20-10-18-9-16-8-13(18)12(14(15)17-19)7-11-5-3-2-4-6-11/h2-6,8-9,12,19H,7,10H2,1H3,(H2,15,17). The average Bonchev–Trinajstić information content (AvgIpc) is 2.93. The van der Waals surface area contributed by atoms with Crippen LogP contribution in [0.25, 0.3) is 0 Å². The van der Waals surface area contributed by atoms with Crippen LogP contribution in [0.5, 0.6) is 0 Å². The van der Waals surface area contributed by atoms with Crippen LogP contribution in [-0.4, -0.2) is 27.7 Å². The highest BCUT2D eigenvalue weighted by Crippen LogP contribution is 2.21. The second-order valence-electron chi connectivity index (χ2n) is 4.47. The zero-order valence-corrected chi connectivity index (χ0v) is 11.3. The first-order valence-corrected chi connectivity index (χ1v) is 6.26. The van der Waals surface area contributed by atoms with Crippen LogP contribution in [0.3, 0.4) is 0 Å². The number of aromatic nitrogens is 2. The van der Waals surface area contributed by atoms with E-state index in [1.807, 2.05) is 34.9 Å². The van der Waals surface area contributed by atoms with Gasteiger partial charge < -0.3 is 20.2 Å². The van der Waals surface area contributed by atoms with E-state index in [1.54, 1.807) is 19.6 Å². The summed E-state index contributed by atoms with van der Waals surface area (Å²) in [5.41, 5.74) is 7.80. The molecule has 0 fully saturated rings. The van der Waals surface area contributed by atoms with Crippen molar-refractivity contribution in [2.75, 3.05) is 7.11 Å². The largest absolute Gasteiger partial charge is 0.409 e. The zero-order valence-electron chi connectivity index (χ0n) is 11.3. The SMILES string of the molecule is COCn1cncc1C(Cc1ccccc1)C(N)=NO. The van der Waals surface area contributed by atoms with Crippen molar-refractivity contribution in [3.8, 4) is 0 Å². The fraction of sp³-hybridized carbons (Fsp3) is 0.286. The van der Waals surface area contributed by atoms with Crippen LogP contribution in [-0.2, 0) is 17.9 Å². The molecule has 1 heterocycles. The van der Waals surface area contributed by atoms with E-state index >= 15 is 0 Å². The Morgan fingerprint density at radius 2 is 2.20 bits per heavy atom. The summed E-state index contributed by atoms with van der Waals surface area (Å²) < 4.78 is 6.96. The Balaban J connectivity index is 2.30. The van der Waals surface area contributed by atoms with Crippen LogP contribution in [0, 0.1) is 0 Å². The number of benzene rings is 1. The fourth-order valence-corrected chi connectivity index (χ4v) is 2.15. The summed E-state index contributed by atoms with van der Waals surface area (Å²) in [6.07, 6.45) is 4.01. The van der Waals surface area contributed by atoms with E-state index in [-0.39, 0.29) is 11.8 Å². The van der Waals surface area contributed by atoms with Crippen molar-refractivity contribution in [1.82, 2.24) is 9.55 Å². The number of nitrogens with zero attached hydrogens (tertiary/aromatic N) is 3. The molecule has 0 amide bonds. The highest BCUT2D eigenvalue weighted by molar-refractivity contribution is 5.86. The van der Waals surface area contributed by atoms with Gasteiger partial charge in [-0.15, -0.1) is 0 Å². The van der Waals surface area contributed by atoms with Crippen molar-refractivity contribution in [2.45, 2.75) is 19.1 Å². The van der Waals surface area contributed by atoms with E-state index in [9.17, 15) is 0 Å². The lowest BCUT2D eigenvalue weighted by molar-refractivity contribution is 0.128. The van der Waals surface area contributed by atoms with Crippen LogP contribution < -0.4 is 5.73 Å². The van der Waals surface area contributed by atoms with Crippen LogP contribution in [0.1, 0.15) is 17.2 Å². The quantitative estimate of drug-likeness (QED) is 0.362. The molecule has 0 spiro atoms. The maximum atomic E-state index is 9.00. The van der Waals surface area contributed by atoms with Crippen LogP contribution in [0.15, 0.2) is 48.0 Å². The summed E-state index contributed by atoms with van der Waals surface area (Å²) in [6, 6.07) is 9.90. The van der Waals surface area contributed by atoms with E-state index in [0.717, 1.165) is 11.3 Å². The van der Waals surface area contributed by atoms with E-state index in [0.29, 0.717) is 13.2 Å². The van der Waals surface area contributed by atoms with Crippen LogP contribution in [0.4, 0.5) is 0 Å². The van der Waals surface area contributed by atoms with E-state index in [1.165, 1.54) is 0 Å². The van der Waals surface area contributed by atoms with Crippen molar-refractivity contribution in [3.05, 3.63) is 54.1 Å². The van der Waals surface area contributed by atoms with Gasteiger partial charge in [-0.2, -0.15) is 0 Å². The summed E-state index contributed by atoms with van der Waals surface area (Å²) >= 11 is 0. The number of methoxy groups -OCH3 is 1. The summed E-state index contributed by atoms with van der Waals surface area (Å²) in [4.78, 5) is 4.11. The summed E-state index contributed by atoms with van der Waals surface area (Å²) in [6.45, 7) is 0.374. The van der Waals surface area contributed by atoms with Crippen molar-refractivity contribution in [3.63, 3.8) is 0 Å². The van der Waals surface area contributed by atoms with E-state index in [4.69, 9.17) is 15.7 Å². The number of imidazole rings is 1. The number of rotatable bonds is 6. The van der Waals surface area contributed by atoms with Crippen LogP contribution >= 0.6 is 0 Å². The van der Waals surface area contributed by atoms with Crippen molar-refractivity contribution in [1.29, 1.82) is 0 Å². The molecule has 0 aliphatic rings. The number of amidine groups is 1. The molecule has 1 aromatic carbocycles. The van der Waals surface area contributed by atoms with Gasteiger partial charge in [-0.05, 0) is 12.0 Å². The van der Waals surface area contributed by atoms with Gasteiger partial charge in [0.2, 0.25) is 0 Å². The topological polar surface area (TPSA) is 85.7 Å². The first kappa shape index (κ1) is 14.1. The summed E-state index contributed by atoms with van der Waals surface area (Å²) in [5, 5.41) is 12.2. The number of hydrogen-bond donors (Lipinski definition) is 2. The minimum Gasteiger partial charge on any atom is -0.409 e. The van der Waals surface area contributed by atoms with Gasteiger partial charge in [-0.3, -0.25) is 0 Å². The molecule has 0 aliphatic heterocycles. The van der Waals surface area contributed by atoms with Crippen molar-refractivity contribution in [2.24, 2.45) is 10.9 Å². The Morgan fingerprint density at radius 3 is 2.85 bits per heavy atom. The molecule has 2 aromatic rings. The molecule has 1 unspecified atom stereocenters. The molecule has 20 heavy (non-hydrogen) atoms. The fourth-order valence-electron chi connectivity index (χ4n) is 2.15. The molecule has 106 valence electrons. The van der Waals surface area contributed by atoms with Gasteiger partial charge in [-0.1, -0.05) is 35.5 Å². The molecular formula is C14H18N4O2. The second-order valence-corrected chi connectivity index (χ2v) is 4.47. The molecule has 0 radical (unpaired) electrons. The second kappa shape index (κ2) is 6.72. The molecule has 0 bridgehead atoms. The third-order valence-electron chi connectivity index (χ3n) is 3.12. The average molecular weight is 274 g/mol. The predicted molar refractivity (Wildman–Crippen MR) is 75.5 cm³/mol. The first-order chi connectivity index (χ1) is 9.76. The van der Waals surface area contributed by atoms with Gasteiger partial charge in [0.25, 0.3) is 0 Å². The Kier molecular flexibility index (Phi) is 4.73. The van der Waals surface area contributed by atoms with Gasteiger partial charge in [0, 0.05) is 13.3 Å². The summed E-state index contributed by atoms with van der Waals surface area (Å²) in [7, 11) is 1.61. The molecule has 0 aliphatic carbocycles. The molecule has 6 heteroatoms. The van der Waals surface area contributed by atoms with Gasteiger partial charge in [0.15, 0.2) is 0 Å². The van der Waals surface area contributed by atoms with E-state index in [2.05, 4.69) is 10.1 Å². The molecule has 1 aromatic heterocycles. The van der Waals surface area contributed by atoms with E-state index < -0.39 is 0 Å². The Bertz CT molecular complexity index is 566. The molecule has 6 nitrogen and oxygen atoms in total. The van der Waals surface area contributed by atoms with Gasteiger partial charge >= 0.3 is 0 Å². The molecule has 0 saturated heterocycles. The first-order valence-electron chi connectivity index (χ1n) is 6.26. The third kappa shape index (κ3) is 3.16. The molecular weight excluding hydrogens is 256 g/mol. The van der Waals surface area contributed by atoms with Gasteiger partial charge in [0.05, 0.1) is 17.9 Å².